The van der Waals surface area contributed by atoms with Gasteiger partial charge < -0.3 is 10.1 Å². The van der Waals surface area contributed by atoms with Crippen molar-refractivity contribution in [1.29, 1.82) is 0 Å². The Morgan fingerprint density at radius 3 is 1.86 bits per heavy atom. The standard InChI is InChI=1S/C24H32F7NO3/c1-2-3-4-5-6-7-8-9-13-16-35-20(33)19(17-18-14-11-10-12-15-18)32-21(34)22(25,26)23(27,28)24(29,30)31/h10-12,14-15,19H,2-9,13,16-17H2,1H3,(H,32,34). The zero-order chi connectivity index (χ0) is 26.5. The van der Waals surface area contributed by atoms with Gasteiger partial charge in [-0.15, -0.1) is 0 Å². The molecule has 0 saturated carbocycles. The van der Waals surface area contributed by atoms with Crippen LogP contribution in [-0.4, -0.2) is 42.5 Å². The van der Waals surface area contributed by atoms with E-state index >= 15 is 0 Å². The number of alkyl halides is 7. The number of halogens is 7. The van der Waals surface area contributed by atoms with Gasteiger partial charge in [0.25, 0.3) is 5.91 Å². The number of rotatable bonds is 16. The summed E-state index contributed by atoms with van der Waals surface area (Å²) < 4.78 is 96.1. The van der Waals surface area contributed by atoms with E-state index in [-0.39, 0.29) is 6.61 Å². The minimum Gasteiger partial charge on any atom is -0.464 e. The maximum atomic E-state index is 13.7. The Bertz CT molecular complexity index is 770. The van der Waals surface area contributed by atoms with Crippen LogP contribution in [0.15, 0.2) is 30.3 Å². The van der Waals surface area contributed by atoms with E-state index < -0.39 is 42.4 Å². The highest BCUT2D eigenvalue weighted by Crippen LogP contribution is 2.46. The molecule has 0 bridgehead atoms. The molecule has 200 valence electrons. The highest BCUT2D eigenvalue weighted by molar-refractivity contribution is 5.89. The van der Waals surface area contributed by atoms with Gasteiger partial charge in [-0.3, -0.25) is 4.79 Å². The van der Waals surface area contributed by atoms with Gasteiger partial charge in [0, 0.05) is 6.42 Å². The van der Waals surface area contributed by atoms with Crippen LogP contribution in [0.1, 0.15) is 70.3 Å². The fraction of sp³-hybridized carbons (Fsp3) is 0.667. The van der Waals surface area contributed by atoms with E-state index in [0.29, 0.717) is 12.0 Å². The van der Waals surface area contributed by atoms with E-state index in [4.69, 9.17) is 4.74 Å². The van der Waals surface area contributed by atoms with Crippen LogP contribution in [0.5, 0.6) is 0 Å². The number of nitrogens with one attached hydrogen (secondary N) is 1. The van der Waals surface area contributed by atoms with Crippen LogP contribution in [0.4, 0.5) is 30.7 Å². The van der Waals surface area contributed by atoms with E-state index in [1.54, 1.807) is 6.07 Å². The molecular formula is C24H32F7NO3. The number of amides is 1. The summed E-state index contributed by atoms with van der Waals surface area (Å²) in [6.07, 6.45) is 1.73. The number of hydrogen-bond donors (Lipinski definition) is 1. The first-order valence-electron chi connectivity index (χ1n) is 11.7. The lowest BCUT2D eigenvalue weighted by atomic mass is 10.0. The fourth-order valence-electron chi connectivity index (χ4n) is 3.30. The topological polar surface area (TPSA) is 55.4 Å². The number of carbonyl (C=O) groups is 2. The fourth-order valence-corrected chi connectivity index (χ4v) is 3.30. The lowest BCUT2D eigenvalue weighted by molar-refractivity contribution is -0.344. The van der Waals surface area contributed by atoms with Crippen LogP contribution in [0.25, 0.3) is 0 Å². The van der Waals surface area contributed by atoms with E-state index in [0.717, 1.165) is 38.5 Å². The molecule has 0 aliphatic heterocycles. The van der Waals surface area contributed by atoms with E-state index in [1.807, 2.05) is 0 Å². The first-order valence-corrected chi connectivity index (χ1v) is 11.7. The molecule has 1 unspecified atom stereocenters. The molecule has 4 nitrogen and oxygen atoms in total. The molecule has 1 amide bonds. The second-order valence-electron chi connectivity index (χ2n) is 8.36. The van der Waals surface area contributed by atoms with Crippen LogP contribution in [0.2, 0.25) is 0 Å². The Labute approximate surface area is 200 Å². The van der Waals surface area contributed by atoms with E-state index in [2.05, 4.69) is 6.92 Å². The third-order valence-electron chi connectivity index (χ3n) is 5.40. The largest absolute Gasteiger partial charge is 0.464 e. The summed E-state index contributed by atoms with van der Waals surface area (Å²) in [4.78, 5) is 24.2. The van der Waals surface area contributed by atoms with Crippen LogP contribution in [0, 0.1) is 0 Å². The normalized spacial score (nSPS) is 13.4. The van der Waals surface area contributed by atoms with Crippen molar-refractivity contribution < 1.29 is 45.1 Å². The van der Waals surface area contributed by atoms with Gasteiger partial charge >= 0.3 is 24.0 Å². The predicted molar refractivity (Wildman–Crippen MR) is 116 cm³/mol. The molecule has 0 aromatic heterocycles. The van der Waals surface area contributed by atoms with Gasteiger partial charge in [0.05, 0.1) is 6.61 Å². The van der Waals surface area contributed by atoms with Crippen molar-refractivity contribution in [1.82, 2.24) is 5.32 Å². The van der Waals surface area contributed by atoms with Crippen LogP contribution >= 0.6 is 0 Å². The quantitative estimate of drug-likeness (QED) is 0.153. The zero-order valence-electron chi connectivity index (χ0n) is 19.6. The zero-order valence-corrected chi connectivity index (χ0v) is 19.6. The number of carbonyl (C=O) groups excluding carboxylic acids is 2. The van der Waals surface area contributed by atoms with Crippen molar-refractivity contribution in [3.05, 3.63) is 35.9 Å². The molecule has 0 radical (unpaired) electrons. The molecule has 1 aromatic carbocycles. The first-order chi connectivity index (χ1) is 16.3. The van der Waals surface area contributed by atoms with Crippen molar-refractivity contribution in [3.63, 3.8) is 0 Å². The number of unbranched alkanes of at least 4 members (excludes halogenated alkanes) is 8. The Morgan fingerprint density at radius 1 is 0.829 bits per heavy atom. The molecule has 0 fully saturated rings. The van der Waals surface area contributed by atoms with Gasteiger partial charge in [-0.2, -0.15) is 30.7 Å². The van der Waals surface area contributed by atoms with E-state index in [1.165, 1.54) is 42.4 Å². The minimum absolute atomic E-state index is 0.106. The summed E-state index contributed by atoms with van der Waals surface area (Å²) in [6, 6.07) is 5.74. The third-order valence-corrected chi connectivity index (χ3v) is 5.40. The average molecular weight is 516 g/mol. The second-order valence-corrected chi connectivity index (χ2v) is 8.36. The lowest BCUT2D eigenvalue weighted by Crippen LogP contribution is -2.61. The summed E-state index contributed by atoms with van der Waals surface area (Å²) in [5, 5.41) is 1.33. The lowest BCUT2D eigenvalue weighted by Gasteiger charge is -2.28. The summed E-state index contributed by atoms with van der Waals surface area (Å²) in [6.45, 7) is 2.02. The number of hydrogen-bond acceptors (Lipinski definition) is 3. The maximum absolute atomic E-state index is 13.7. The van der Waals surface area contributed by atoms with Gasteiger partial charge in [0.1, 0.15) is 6.04 Å². The Hall–Kier alpha value is -2.33. The second kappa shape index (κ2) is 14.3. The van der Waals surface area contributed by atoms with Gasteiger partial charge in [-0.25, -0.2) is 4.79 Å². The highest BCUT2D eigenvalue weighted by atomic mass is 19.4. The number of benzene rings is 1. The van der Waals surface area contributed by atoms with Gasteiger partial charge in [-0.1, -0.05) is 88.6 Å². The van der Waals surface area contributed by atoms with Crippen molar-refractivity contribution >= 4 is 11.9 Å². The monoisotopic (exact) mass is 515 g/mol. The summed E-state index contributed by atoms with van der Waals surface area (Å²) in [5.41, 5.74) is 0.351. The Balaban J connectivity index is 2.69. The molecule has 1 rings (SSSR count). The maximum Gasteiger partial charge on any atom is 0.460 e. The molecule has 1 N–H and O–H groups in total. The molecule has 0 saturated heterocycles. The minimum atomic E-state index is -6.67. The predicted octanol–water partition coefficient (Wildman–Crippen LogP) is 6.62. The Kier molecular flexibility index (Phi) is 12.5. The van der Waals surface area contributed by atoms with Gasteiger partial charge in [0.2, 0.25) is 0 Å². The molecular weight excluding hydrogens is 483 g/mol. The molecule has 0 aliphatic carbocycles. The van der Waals surface area contributed by atoms with E-state index in [9.17, 15) is 40.3 Å². The van der Waals surface area contributed by atoms with Crippen molar-refractivity contribution in [2.75, 3.05) is 6.61 Å². The van der Waals surface area contributed by atoms with Gasteiger partial charge in [-0.05, 0) is 12.0 Å². The molecule has 35 heavy (non-hydrogen) atoms. The SMILES string of the molecule is CCCCCCCCCCCOC(=O)C(Cc1ccccc1)NC(=O)C(F)(F)C(F)(F)C(F)(F)F. The smallest absolute Gasteiger partial charge is 0.460 e. The van der Waals surface area contributed by atoms with Crippen LogP contribution in [-0.2, 0) is 20.7 Å². The summed E-state index contributed by atoms with van der Waals surface area (Å²) >= 11 is 0. The van der Waals surface area contributed by atoms with Gasteiger partial charge in [0.15, 0.2) is 0 Å². The van der Waals surface area contributed by atoms with Crippen molar-refractivity contribution in [3.8, 4) is 0 Å². The van der Waals surface area contributed by atoms with Crippen LogP contribution in [0.3, 0.4) is 0 Å². The molecule has 0 aliphatic rings. The first kappa shape index (κ1) is 30.7. The molecule has 11 heteroatoms. The molecule has 0 spiro atoms. The summed E-state index contributed by atoms with van der Waals surface area (Å²) in [7, 11) is 0. The molecule has 1 aromatic rings. The van der Waals surface area contributed by atoms with Crippen molar-refractivity contribution in [2.45, 2.75) is 95.2 Å². The third kappa shape index (κ3) is 9.68. The summed E-state index contributed by atoms with van der Waals surface area (Å²) in [5.74, 6) is -16.9. The van der Waals surface area contributed by atoms with Crippen molar-refractivity contribution in [2.24, 2.45) is 0 Å². The number of esters is 1. The Morgan fingerprint density at radius 2 is 1.34 bits per heavy atom. The number of ether oxygens (including phenoxy) is 1. The molecule has 0 heterocycles. The average Bonchev–Trinajstić information content (AvgIpc) is 2.79. The highest BCUT2D eigenvalue weighted by Gasteiger charge is 2.76. The molecule has 1 atom stereocenters. The van der Waals surface area contributed by atoms with Crippen LogP contribution < -0.4 is 5.32 Å².